The molecule has 6 heteroatoms. The summed E-state index contributed by atoms with van der Waals surface area (Å²) >= 11 is 6.96. The third-order valence-corrected chi connectivity index (χ3v) is 9.46. The van der Waals surface area contributed by atoms with Gasteiger partial charge >= 0.3 is 5.97 Å². The van der Waals surface area contributed by atoms with E-state index in [1.165, 1.54) is 11.1 Å². The fourth-order valence-corrected chi connectivity index (χ4v) is 8.56. The molecule has 2 spiro atoms. The Morgan fingerprint density at radius 2 is 2.20 bits per heavy atom. The van der Waals surface area contributed by atoms with Gasteiger partial charge in [-0.1, -0.05) is 23.7 Å². The van der Waals surface area contributed by atoms with Gasteiger partial charge in [0.05, 0.1) is 25.0 Å². The van der Waals surface area contributed by atoms with Gasteiger partial charge in [0.25, 0.3) is 0 Å². The highest BCUT2D eigenvalue weighted by molar-refractivity contribution is 6.30. The van der Waals surface area contributed by atoms with Crippen molar-refractivity contribution < 1.29 is 19.0 Å². The van der Waals surface area contributed by atoms with Crippen LogP contribution >= 0.6 is 11.6 Å². The van der Waals surface area contributed by atoms with Crippen LogP contribution in [0.3, 0.4) is 0 Å². The number of fused-ring (bicyclic) bond motifs is 1. The van der Waals surface area contributed by atoms with Crippen molar-refractivity contribution in [2.75, 3.05) is 27.3 Å². The van der Waals surface area contributed by atoms with E-state index in [1.807, 2.05) is 13.0 Å². The molecule has 5 unspecified atom stereocenters. The van der Waals surface area contributed by atoms with E-state index in [0.717, 1.165) is 35.9 Å². The summed E-state index contributed by atoms with van der Waals surface area (Å²) in [4.78, 5) is 15.8. The first kappa shape index (κ1) is 19.0. The molecule has 7 rings (SSSR count). The molecule has 0 N–H and O–H groups in total. The zero-order valence-corrected chi connectivity index (χ0v) is 18.7. The van der Waals surface area contributed by atoms with Crippen molar-refractivity contribution in [3.8, 4) is 11.5 Å². The first-order valence-electron chi connectivity index (χ1n) is 11.0. The molecule has 0 aromatic heterocycles. The highest BCUT2D eigenvalue weighted by Crippen LogP contribution is 2.78. The Bertz CT molecular complexity index is 1010. The summed E-state index contributed by atoms with van der Waals surface area (Å²) in [6.45, 7) is 5.46. The minimum absolute atomic E-state index is 0.0393. The van der Waals surface area contributed by atoms with Gasteiger partial charge in [-0.25, -0.2) is 0 Å². The van der Waals surface area contributed by atoms with Crippen LogP contribution in [0.2, 0.25) is 0 Å². The molecule has 1 saturated carbocycles. The number of piperidine rings is 1. The number of carbonyl (C=O) groups is 1. The molecular formula is C24H28ClNO4. The highest BCUT2D eigenvalue weighted by Gasteiger charge is 2.82. The third kappa shape index (κ3) is 1.74. The molecule has 0 amide bonds. The fraction of sp³-hybridized carbons (Fsp3) is 0.625. The molecule has 2 aliphatic heterocycles. The second kappa shape index (κ2) is 5.74. The quantitative estimate of drug-likeness (QED) is 0.686. The predicted molar refractivity (Wildman–Crippen MR) is 113 cm³/mol. The number of ether oxygens (including phenoxy) is 3. The van der Waals surface area contributed by atoms with Gasteiger partial charge < -0.3 is 19.1 Å². The number of benzene rings is 1. The summed E-state index contributed by atoms with van der Waals surface area (Å²) < 4.78 is 18.3. The van der Waals surface area contributed by atoms with Crippen LogP contribution in [0.4, 0.5) is 0 Å². The number of halogens is 1. The average Bonchev–Trinajstić information content (AvgIpc) is 2.99. The summed E-state index contributed by atoms with van der Waals surface area (Å²) in [6.07, 6.45) is 4.71. The average molecular weight is 430 g/mol. The van der Waals surface area contributed by atoms with Gasteiger partial charge in [0, 0.05) is 28.0 Å². The van der Waals surface area contributed by atoms with Crippen LogP contribution < -0.4 is 9.47 Å². The molecular weight excluding hydrogens is 402 g/mol. The Balaban J connectivity index is 1.72. The topological polar surface area (TPSA) is 48.0 Å². The fourth-order valence-electron chi connectivity index (χ4n) is 8.08. The van der Waals surface area contributed by atoms with Crippen LogP contribution in [0.1, 0.15) is 37.8 Å². The maximum atomic E-state index is 13.4. The number of carbonyl (C=O) groups excluding carboxylic acids is 1. The van der Waals surface area contributed by atoms with Crippen LogP contribution in [-0.2, 0) is 21.4 Å². The number of esters is 1. The van der Waals surface area contributed by atoms with Gasteiger partial charge in [0.15, 0.2) is 11.5 Å². The third-order valence-electron chi connectivity index (χ3n) is 9.09. The summed E-state index contributed by atoms with van der Waals surface area (Å²) in [6, 6.07) is 4.39. The van der Waals surface area contributed by atoms with E-state index >= 15 is 0 Å². The lowest BCUT2D eigenvalue weighted by Gasteiger charge is -2.72. The molecule has 5 nitrogen and oxygen atoms in total. The van der Waals surface area contributed by atoms with Crippen LogP contribution in [0, 0.1) is 17.3 Å². The number of hydrogen-bond acceptors (Lipinski definition) is 5. The van der Waals surface area contributed by atoms with E-state index in [9.17, 15) is 4.79 Å². The van der Waals surface area contributed by atoms with Gasteiger partial charge in [0.2, 0.25) is 0 Å². The molecule has 1 aromatic carbocycles. The van der Waals surface area contributed by atoms with Crippen molar-refractivity contribution in [1.29, 1.82) is 0 Å². The van der Waals surface area contributed by atoms with E-state index in [-0.39, 0.29) is 29.3 Å². The Morgan fingerprint density at radius 3 is 2.93 bits per heavy atom. The second-order valence-corrected chi connectivity index (χ2v) is 10.2. The SMILES string of the molecule is CCOC(=O)C1CC2C(Cl)=CC13C1Cc4ccc(OC)c5c4[C@@]3(CCN1C)C2(C)O5. The Labute approximate surface area is 182 Å². The molecule has 6 aliphatic rings. The van der Waals surface area contributed by atoms with Crippen molar-refractivity contribution in [2.24, 2.45) is 17.3 Å². The first-order chi connectivity index (χ1) is 14.4. The van der Waals surface area contributed by atoms with Crippen molar-refractivity contribution in [3.63, 3.8) is 0 Å². The lowest BCUT2D eigenvalue weighted by Crippen LogP contribution is -2.80. The summed E-state index contributed by atoms with van der Waals surface area (Å²) in [7, 11) is 3.88. The Morgan fingerprint density at radius 1 is 1.40 bits per heavy atom. The smallest absolute Gasteiger partial charge is 0.309 e. The molecule has 4 bridgehead atoms. The van der Waals surface area contributed by atoms with Crippen LogP contribution in [0.5, 0.6) is 11.5 Å². The number of nitrogens with zero attached hydrogens (tertiary/aromatic N) is 1. The maximum Gasteiger partial charge on any atom is 0.309 e. The monoisotopic (exact) mass is 429 g/mol. The van der Waals surface area contributed by atoms with Gasteiger partial charge in [-0.2, -0.15) is 0 Å². The number of rotatable bonds is 3. The number of likely N-dealkylation sites (N-methyl/N-ethyl adjacent to an activating group) is 1. The number of hydrogen-bond donors (Lipinski definition) is 0. The zero-order valence-electron chi connectivity index (χ0n) is 18.0. The lowest BCUT2D eigenvalue weighted by molar-refractivity contribution is -0.205. The summed E-state index contributed by atoms with van der Waals surface area (Å²) in [5.41, 5.74) is 1.31. The molecule has 2 fully saturated rings. The molecule has 1 aromatic rings. The van der Waals surface area contributed by atoms with Gasteiger partial charge in [-0.15, -0.1) is 0 Å². The van der Waals surface area contributed by atoms with E-state index in [0.29, 0.717) is 13.0 Å². The lowest BCUT2D eigenvalue weighted by atomic mass is 9.33. The zero-order chi connectivity index (χ0) is 21.1. The van der Waals surface area contributed by atoms with Gasteiger partial charge in [-0.05, 0) is 58.3 Å². The molecule has 0 radical (unpaired) electrons. The van der Waals surface area contributed by atoms with E-state index in [1.54, 1.807) is 7.11 Å². The van der Waals surface area contributed by atoms with Crippen LogP contribution in [0.25, 0.3) is 0 Å². The summed E-state index contributed by atoms with van der Waals surface area (Å²) in [5.74, 6) is 1.28. The molecule has 1 saturated heterocycles. The first-order valence-corrected chi connectivity index (χ1v) is 11.4. The minimum Gasteiger partial charge on any atom is -0.493 e. The minimum atomic E-state index is -0.506. The van der Waals surface area contributed by atoms with Crippen molar-refractivity contribution >= 4 is 17.6 Å². The van der Waals surface area contributed by atoms with Gasteiger partial charge in [0.1, 0.15) is 5.60 Å². The maximum absolute atomic E-state index is 13.4. The van der Waals surface area contributed by atoms with Crippen LogP contribution in [-0.4, -0.2) is 49.8 Å². The predicted octanol–water partition coefficient (Wildman–Crippen LogP) is 3.67. The van der Waals surface area contributed by atoms with E-state index in [2.05, 4.69) is 31.0 Å². The highest BCUT2D eigenvalue weighted by atomic mass is 35.5. The Kier molecular flexibility index (Phi) is 3.64. The standard InChI is InChI=1S/C24H28ClNO4/c1-5-29-21(27)15-11-14-16(25)12-23(15)18-10-13-6-7-17(28-4)20-19(13)24(23,8-9-26(18)3)22(14,2)30-20/h6-7,12,14-15,18H,5,8-11H2,1-4H3/t14?,15?,18?,22?,23?,24-/m0/s1. The van der Waals surface area contributed by atoms with Crippen LogP contribution in [0.15, 0.2) is 23.2 Å². The molecule has 30 heavy (non-hydrogen) atoms. The molecule has 4 aliphatic carbocycles. The Hall–Kier alpha value is -1.72. The largest absolute Gasteiger partial charge is 0.493 e. The number of methoxy groups -OCH3 is 1. The molecule has 2 heterocycles. The number of likely N-dealkylation sites (tertiary alicyclic amines) is 1. The van der Waals surface area contributed by atoms with Crippen molar-refractivity contribution in [2.45, 2.75) is 50.2 Å². The van der Waals surface area contributed by atoms with Crippen molar-refractivity contribution in [1.82, 2.24) is 4.90 Å². The normalized spacial score (nSPS) is 42.3. The second-order valence-electron chi connectivity index (χ2n) is 9.75. The van der Waals surface area contributed by atoms with Crippen molar-refractivity contribution in [3.05, 3.63) is 34.4 Å². The van der Waals surface area contributed by atoms with E-state index < -0.39 is 11.0 Å². The molecule has 6 atom stereocenters. The molecule has 160 valence electrons. The summed E-state index contributed by atoms with van der Waals surface area (Å²) in [5, 5.41) is 0.837. The van der Waals surface area contributed by atoms with Gasteiger partial charge in [-0.3, -0.25) is 4.79 Å². The van der Waals surface area contributed by atoms with E-state index in [4.69, 9.17) is 25.8 Å².